The fraction of sp³-hybridized carbons (Fsp3) is 0.353. The zero-order valence-electron chi connectivity index (χ0n) is 12.2. The first-order valence-electron chi connectivity index (χ1n) is 7.05. The second-order valence-electron chi connectivity index (χ2n) is 5.37. The third kappa shape index (κ3) is 2.13. The van der Waals surface area contributed by atoms with E-state index in [1.165, 1.54) is 16.8 Å². The molecule has 1 N–H and O–H groups in total. The van der Waals surface area contributed by atoms with Crippen LogP contribution in [0.15, 0.2) is 30.5 Å². The van der Waals surface area contributed by atoms with Gasteiger partial charge >= 0.3 is 0 Å². The van der Waals surface area contributed by atoms with Gasteiger partial charge in [0.2, 0.25) is 0 Å². The van der Waals surface area contributed by atoms with E-state index in [0.717, 1.165) is 29.8 Å². The number of hydrogen-bond donors (Lipinski definition) is 1. The van der Waals surface area contributed by atoms with Crippen LogP contribution in [0.25, 0.3) is 0 Å². The predicted octanol–water partition coefficient (Wildman–Crippen LogP) is 3.81. The van der Waals surface area contributed by atoms with E-state index in [1.807, 2.05) is 12.3 Å². The van der Waals surface area contributed by atoms with Gasteiger partial charge in [0.25, 0.3) is 0 Å². The van der Waals surface area contributed by atoms with Gasteiger partial charge in [0.1, 0.15) is 5.75 Å². The van der Waals surface area contributed by atoms with E-state index < -0.39 is 0 Å². The van der Waals surface area contributed by atoms with Gasteiger partial charge in [0, 0.05) is 17.4 Å². The minimum Gasteiger partial charge on any atom is -0.496 e. The van der Waals surface area contributed by atoms with Crippen molar-refractivity contribution in [2.24, 2.45) is 0 Å². The molecule has 0 aliphatic heterocycles. The SMILES string of the molecule is COc1c(C)ccc(NC2CCc3cccnc32)c1C. The zero-order valence-corrected chi connectivity index (χ0v) is 12.2. The van der Waals surface area contributed by atoms with E-state index >= 15 is 0 Å². The fourth-order valence-corrected chi connectivity index (χ4v) is 3.04. The molecule has 0 fully saturated rings. The molecule has 0 saturated heterocycles. The number of benzene rings is 1. The first-order chi connectivity index (χ1) is 9.70. The fourth-order valence-electron chi connectivity index (χ4n) is 3.04. The van der Waals surface area contributed by atoms with Gasteiger partial charge in [-0.25, -0.2) is 0 Å². The molecule has 1 atom stereocenters. The molecule has 104 valence electrons. The summed E-state index contributed by atoms with van der Waals surface area (Å²) < 4.78 is 5.49. The molecule has 1 aromatic heterocycles. The molecule has 3 heteroatoms. The number of rotatable bonds is 3. The highest BCUT2D eigenvalue weighted by Gasteiger charge is 2.24. The summed E-state index contributed by atoms with van der Waals surface area (Å²) in [6, 6.07) is 8.72. The molecule has 1 aliphatic carbocycles. The summed E-state index contributed by atoms with van der Waals surface area (Å²) in [5.74, 6) is 0.967. The Morgan fingerprint density at radius 1 is 1.25 bits per heavy atom. The van der Waals surface area contributed by atoms with E-state index in [-0.39, 0.29) is 0 Å². The van der Waals surface area contributed by atoms with Crippen LogP contribution in [-0.4, -0.2) is 12.1 Å². The molecule has 2 aromatic rings. The topological polar surface area (TPSA) is 34.1 Å². The van der Waals surface area contributed by atoms with Gasteiger partial charge in [0.05, 0.1) is 18.8 Å². The molecule has 0 bridgehead atoms. The molecular formula is C17H20N2O. The lowest BCUT2D eigenvalue weighted by atomic mass is 10.1. The van der Waals surface area contributed by atoms with Crippen molar-refractivity contribution in [3.05, 3.63) is 52.8 Å². The smallest absolute Gasteiger partial charge is 0.126 e. The maximum absolute atomic E-state index is 5.49. The molecule has 0 spiro atoms. The van der Waals surface area contributed by atoms with Crippen molar-refractivity contribution in [3.8, 4) is 5.75 Å². The van der Waals surface area contributed by atoms with Crippen molar-refractivity contribution in [3.63, 3.8) is 0 Å². The third-order valence-electron chi connectivity index (χ3n) is 4.10. The van der Waals surface area contributed by atoms with E-state index in [9.17, 15) is 0 Å². The van der Waals surface area contributed by atoms with Gasteiger partial charge in [-0.05, 0) is 49.9 Å². The maximum atomic E-state index is 5.49. The molecule has 1 aliphatic rings. The Balaban J connectivity index is 1.90. The van der Waals surface area contributed by atoms with Gasteiger partial charge in [-0.1, -0.05) is 12.1 Å². The molecule has 0 radical (unpaired) electrons. The van der Waals surface area contributed by atoms with Crippen LogP contribution in [-0.2, 0) is 6.42 Å². The molecule has 1 aromatic carbocycles. The van der Waals surface area contributed by atoms with Gasteiger partial charge < -0.3 is 10.1 Å². The highest BCUT2D eigenvalue weighted by Crippen LogP contribution is 2.35. The zero-order chi connectivity index (χ0) is 14.1. The molecule has 3 rings (SSSR count). The molecule has 0 amide bonds. The van der Waals surface area contributed by atoms with E-state index in [0.29, 0.717) is 6.04 Å². The first-order valence-corrected chi connectivity index (χ1v) is 7.05. The monoisotopic (exact) mass is 268 g/mol. The molecule has 1 heterocycles. The van der Waals surface area contributed by atoms with Crippen molar-refractivity contribution in [1.29, 1.82) is 0 Å². The van der Waals surface area contributed by atoms with E-state index in [4.69, 9.17) is 4.74 Å². The number of ether oxygens (including phenoxy) is 1. The number of aromatic nitrogens is 1. The van der Waals surface area contributed by atoms with Gasteiger partial charge in [-0.15, -0.1) is 0 Å². The minimum atomic E-state index is 0.303. The van der Waals surface area contributed by atoms with Crippen molar-refractivity contribution in [1.82, 2.24) is 4.98 Å². The van der Waals surface area contributed by atoms with Crippen LogP contribution >= 0.6 is 0 Å². The average Bonchev–Trinajstić information content (AvgIpc) is 2.86. The molecule has 3 nitrogen and oxygen atoms in total. The van der Waals surface area contributed by atoms with Crippen LogP contribution in [0.1, 0.15) is 34.8 Å². The third-order valence-corrected chi connectivity index (χ3v) is 4.10. The summed E-state index contributed by atoms with van der Waals surface area (Å²) in [4.78, 5) is 4.53. The Morgan fingerprint density at radius 3 is 2.90 bits per heavy atom. The standard InChI is InChI=1S/C17H20N2O/c1-11-6-8-14(12(2)17(11)20-3)19-15-9-7-13-5-4-10-18-16(13)15/h4-6,8,10,15,19H,7,9H2,1-3H3. The highest BCUT2D eigenvalue weighted by molar-refractivity contribution is 5.60. The highest BCUT2D eigenvalue weighted by atomic mass is 16.5. The maximum Gasteiger partial charge on any atom is 0.126 e. The molecular weight excluding hydrogens is 248 g/mol. The van der Waals surface area contributed by atoms with Gasteiger partial charge in [-0.3, -0.25) is 4.98 Å². The minimum absolute atomic E-state index is 0.303. The normalized spacial score (nSPS) is 16.9. The number of anilines is 1. The van der Waals surface area contributed by atoms with Crippen LogP contribution in [0.3, 0.4) is 0 Å². The predicted molar refractivity (Wildman–Crippen MR) is 81.4 cm³/mol. The van der Waals surface area contributed by atoms with Crippen LogP contribution in [0.2, 0.25) is 0 Å². The lowest BCUT2D eigenvalue weighted by molar-refractivity contribution is 0.409. The Hall–Kier alpha value is -2.03. The second-order valence-corrected chi connectivity index (χ2v) is 5.37. The Bertz CT molecular complexity index is 637. The van der Waals surface area contributed by atoms with Crippen molar-refractivity contribution < 1.29 is 4.74 Å². The first kappa shape index (κ1) is 13.0. The summed E-state index contributed by atoms with van der Waals surface area (Å²) in [6.07, 6.45) is 4.08. The number of aryl methyl sites for hydroxylation is 2. The number of pyridine rings is 1. The van der Waals surface area contributed by atoms with Crippen LogP contribution in [0.5, 0.6) is 5.75 Å². The average molecular weight is 268 g/mol. The number of hydrogen-bond acceptors (Lipinski definition) is 3. The Kier molecular flexibility index (Phi) is 3.35. The summed E-state index contributed by atoms with van der Waals surface area (Å²) in [6.45, 7) is 4.17. The molecule has 0 saturated carbocycles. The van der Waals surface area contributed by atoms with Crippen LogP contribution < -0.4 is 10.1 Å². The quantitative estimate of drug-likeness (QED) is 0.919. The number of nitrogens with zero attached hydrogens (tertiary/aromatic N) is 1. The summed E-state index contributed by atoms with van der Waals surface area (Å²) in [5, 5.41) is 3.62. The van der Waals surface area contributed by atoms with Crippen LogP contribution in [0.4, 0.5) is 5.69 Å². The Labute approximate surface area is 120 Å². The molecule has 1 unspecified atom stereocenters. The molecule has 20 heavy (non-hydrogen) atoms. The lowest BCUT2D eigenvalue weighted by Crippen LogP contribution is -2.10. The Morgan fingerprint density at radius 2 is 2.10 bits per heavy atom. The van der Waals surface area contributed by atoms with Gasteiger partial charge in [0.15, 0.2) is 0 Å². The van der Waals surface area contributed by atoms with Crippen molar-refractivity contribution in [2.75, 3.05) is 12.4 Å². The summed E-state index contributed by atoms with van der Waals surface area (Å²) in [5.41, 5.74) is 6.02. The largest absolute Gasteiger partial charge is 0.496 e. The van der Waals surface area contributed by atoms with E-state index in [2.05, 4.69) is 42.3 Å². The van der Waals surface area contributed by atoms with E-state index in [1.54, 1.807) is 7.11 Å². The number of methoxy groups -OCH3 is 1. The van der Waals surface area contributed by atoms with Crippen LogP contribution in [0, 0.1) is 13.8 Å². The summed E-state index contributed by atoms with van der Waals surface area (Å²) >= 11 is 0. The lowest BCUT2D eigenvalue weighted by Gasteiger charge is -2.19. The van der Waals surface area contributed by atoms with Crippen molar-refractivity contribution >= 4 is 5.69 Å². The van der Waals surface area contributed by atoms with Crippen molar-refractivity contribution in [2.45, 2.75) is 32.7 Å². The second kappa shape index (κ2) is 5.16. The number of fused-ring (bicyclic) bond motifs is 1. The van der Waals surface area contributed by atoms with Gasteiger partial charge in [-0.2, -0.15) is 0 Å². The number of nitrogens with one attached hydrogen (secondary N) is 1. The summed E-state index contributed by atoms with van der Waals surface area (Å²) in [7, 11) is 1.73.